The SMILES string of the molecule is Cc1cc(C)c(NC(=O)CC(CC(=O)Nc2c(C)cc(C)cc2C)C(=O)Nc2c(C)cc(C)cc2C)c(C)c1. The molecule has 0 unspecified atom stereocenters. The number of anilines is 3. The first-order chi connectivity index (χ1) is 18.2. The molecule has 3 rings (SSSR count). The summed E-state index contributed by atoms with van der Waals surface area (Å²) in [5.41, 5.74) is 11.2. The molecule has 3 aromatic carbocycles. The summed E-state index contributed by atoms with van der Waals surface area (Å²) in [6.07, 6.45) is -0.246. The second-order valence-electron chi connectivity index (χ2n) is 11.0. The lowest BCUT2D eigenvalue weighted by molar-refractivity contribution is -0.127. The highest BCUT2D eigenvalue weighted by Gasteiger charge is 2.27. The number of rotatable bonds is 8. The molecule has 39 heavy (non-hydrogen) atoms. The maximum Gasteiger partial charge on any atom is 0.228 e. The lowest BCUT2D eigenvalue weighted by Crippen LogP contribution is -2.31. The van der Waals surface area contributed by atoms with E-state index in [0.29, 0.717) is 5.69 Å². The largest absolute Gasteiger partial charge is 0.326 e. The van der Waals surface area contributed by atoms with E-state index < -0.39 is 5.92 Å². The zero-order chi connectivity index (χ0) is 29.0. The number of benzene rings is 3. The highest BCUT2D eigenvalue weighted by Crippen LogP contribution is 2.27. The molecule has 0 atom stereocenters. The Morgan fingerprint density at radius 3 is 1.03 bits per heavy atom. The number of aryl methyl sites for hydroxylation is 9. The van der Waals surface area contributed by atoms with Gasteiger partial charge in [-0.2, -0.15) is 0 Å². The summed E-state index contributed by atoms with van der Waals surface area (Å²) >= 11 is 0. The number of hydrogen-bond donors (Lipinski definition) is 3. The third-order valence-electron chi connectivity index (χ3n) is 7.04. The molecule has 3 aromatic rings. The van der Waals surface area contributed by atoms with Gasteiger partial charge in [0.05, 0.1) is 5.92 Å². The Bertz CT molecular complexity index is 1300. The van der Waals surface area contributed by atoms with Gasteiger partial charge in [-0.15, -0.1) is 0 Å². The van der Waals surface area contributed by atoms with E-state index in [-0.39, 0.29) is 30.6 Å². The van der Waals surface area contributed by atoms with Crippen LogP contribution >= 0.6 is 0 Å². The summed E-state index contributed by atoms with van der Waals surface area (Å²) in [6.45, 7) is 17.7. The van der Waals surface area contributed by atoms with E-state index in [1.807, 2.05) is 98.7 Å². The van der Waals surface area contributed by atoms with Crippen molar-refractivity contribution in [3.63, 3.8) is 0 Å². The molecule has 0 aromatic heterocycles. The standard InChI is InChI=1S/C33H41N3O3/c1-18-10-21(4)30(22(5)11-18)34-28(37)16-27(33(39)36-32-25(8)14-20(3)15-26(32)9)17-29(38)35-31-23(6)12-19(2)13-24(31)7/h10-15,27H,16-17H2,1-9H3,(H,34,37)(H,35,38)(H,36,39). The topological polar surface area (TPSA) is 87.3 Å². The second kappa shape index (κ2) is 12.3. The summed E-state index contributed by atoms with van der Waals surface area (Å²) in [7, 11) is 0. The predicted molar refractivity (Wildman–Crippen MR) is 161 cm³/mol. The average molecular weight is 528 g/mol. The van der Waals surface area contributed by atoms with E-state index in [1.54, 1.807) is 0 Å². The molecule has 0 aliphatic carbocycles. The Balaban J connectivity index is 1.85. The van der Waals surface area contributed by atoms with Crippen LogP contribution in [-0.2, 0) is 14.4 Å². The third kappa shape index (κ3) is 7.56. The van der Waals surface area contributed by atoms with Gasteiger partial charge in [-0.25, -0.2) is 0 Å². The molecule has 0 saturated heterocycles. The van der Waals surface area contributed by atoms with Crippen LogP contribution in [0.4, 0.5) is 17.1 Å². The fourth-order valence-corrected chi connectivity index (χ4v) is 5.44. The van der Waals surface area contributed by atoms with E-state index in [1.165, 1.54) is 0 Å². The van der Waals surface area contributed by atoms with Crippen LogP contribution in [0.3, 0.4) is 0 Å². The van der Waals surface area contributed by atoms with Crippen LogP contribution in [0.5, 0.6) is 0 Å². The summed E-state index contributed by atoms with van der Waals surface area (Å²) in [5.74, 6) is -1.83. The number of nitrogens with one attached hydrogen (secondary N) is 3. The highest BCUT2D eigenvalue weighted by molar-refractivity contribution is 6.03. The van der Waals surface area contributed by atoms with Crippen LogP contribution in [0, 0.1) is 68.2 Å². The van der Waals surface area contributed by atoms with Crippen molar-refractivity contribution in [1.29, 1.82) is 0 Å². The molecule has 0 aliphatic heterocycles. The summed E-state index contributed by atoms with van der Waals surface area (Å²) in [5, 5.41) is 8.97. The molecule has 0 bridgehead atoms. The van der Waals surface area contributed by atoms with Gasteiger partial charge >= 0.3 is 0 Å². The number of carbonyl (C=O) groups excluding carboxylic acids is 3. The van der Waals surface area contributed by atoms with Crippen LogP contribution in [0.15, 0.2) is 36.4 Å². The van der Waals surface area contributed by atoms with Gasteiger partial charge in [0.15, 0.2) is 0 Å². The van der Waals surface area contributed by atoms with Crippen molar-refractivity contribution < 1.29 is 14.4 Å². The van der Waals surface area contributed by atoms with Gasteiger partial charge in [0.25, 0.3) is 0 Å². The van der Waals surface area contributed by atoms with E-state index >= 15 is 0 Å². The molecular weight excluding hydrogens is 486 g/mol. The summed E-state index contributed by atoms with van der Waals surface area (Å²) in [6, 6.07) is 12.0. The minimum absolute atomic E-state index is 0.123. The Hall–Kier alpha value is -3.93. The maximum atomic E-state index is 13.6. The molecule has 6 heteroatoms. The van der Waals surface area contributed by atoms with Crippen LogP contribution < -0.4 is 16.0 Å². The van der Waals surface area contributed by atoms with Crippen LogP contribution in [0.1, 0.15) is 62.9 Å². The van der Waals surface area contributed by atoms with Crippen molar-refractivity contribution in [2.45, 2.75) is 75.2 Å². The molecule has 0 fully saturated rings. The molecule has 206 valence electrons. The fraction of sp³-hybridized carbons (Fsp3) is 0.364. The summed E-state index contributed by atoms with van der Waals surface area (Å²) < 4.78 is 0. The van der Waals surface area contributed by atoms with Gasteiger partial charge in [-0.05, 0) is 95.7 Å². The lowest BCUT2D eigenvalue weighted by Gasteiger charge is -2.20. The van der Waals surface area contributed by atoms with E-state index in [4.69, 9.17) is 0 Å². The molecule has 0 aliphatic rings. The molecule has 0 spiro atoms. The number of hydrogen-bond acceptors (Lipinski definition) is 3. The Kier molecular flexibility index (Phi) is 9.33. The van der Waals surface area contributed by atoms with Crippen LogP contribution in [0.2, 0.25) is 0 Å². The predicted octanol–water partition coefficient (Wildman–Crippen LogP) is 7.07. The molecule has 3 amide bonds. The first-order valence-electron chi connectivity index (χ1n) is 13.4. The molecule has 3 N–H and O–H groups in total. The van der Waals surface area contributed by atoms with Gasteiger partial charge in [-0.1, -0.05) is 53.1 Å². The molecule has 6 nitrogen and oxygen atoms in total. The Labute approximate surface area is 232 Å². The first-order valence-corrected chi connectivity index (χ1v) is 13.4. The Morgan fingerprint density at radius 2 is 0.744 bits per heavy atom. The van der Waals surface area contributed by atoms with Crippen molar-refractivity contribution in [3.05, 3.63) is 86.5 Å². The van der Waals surface area contributed by atoms with E-state index in [9.17, 15) is 14.4 Å². The quantitative estimate of drug-likeness (QED) is 0.293. The van der Waals surface area contributed by atoms with E-state index in [2.05, 4.69) is 16.0 Å². The van der Waals surface area contributed by atoms with Crippen molar-refractivity contribution in [3.8, 4) is 0 Å². The minimum atomic E-state index is -0.859. The average Bonchev–Trinajstić information content (AvgIpc) is 2.80. The second-order valence-corrected chi connectivity index (χ2v) is 11.0. The normalized spacial score (nSPS) is 10.9. The van der Waals surface area contributed by atoms with Crippen molar-refractivity contribution in [2.75, 3.05) is 16.0 Å². The summed E-state index contributed by atoms with van der Waals surface area (Å²) in [4.78, 5) is 40.0. The Morgan fingerprint density at radius 1 is 0.487 bits per heavy atom. The monoisotopic (exact) mass is 527 g/mol. The fourth-order valence-electron chi connectivity index (χ4n) is 5.44. The van der Waals surface area contributed by atoms with Gasteiger partial charge in [0.1, 0.15) is 0 Å². The zero-order valence-corrected chi connectivity index (χ0v) is 24.7. The number of amides is 3. The lowest BCUT2D eigenvalue weighted by atomic mass is 9.97. The zero-order valence-electron chi connectivity index (χ0n) is 24.7. The third-order valence-corrected chi connectivity index (χ3v) is 7.04. The van der Waals surface area contributed by atoms with Crippen molar-refractivity contribution in [2.24, 2.45) is 5.92 Å². The van der Waals surface area contributed by atoms with Crippen LogP contribution in [0.25, 0.3) is 0 Å². The van der Waals surface area contributed by atoms with Gasteiger partial charge in [0.2, 0.25) is 17.7 Å². The van der Waals surface area contributed by atoms with Crippen LogP contribution in [-0.4, -0.2) is 17.7 Å². The smallest absolute Gasteiger partial charge is 0.228 e. The maximum absolute atomic E-state index is 13.6. The molecule has 0 radical (unpaired) electrons. The minimum Gasteiger partial charge on any atom is -0.326 e. The molecule has 0 saturated carbocycles. The molecular formula is C33H41N3O3. The van der Waals surface area contributed by atoms with Gasteiger partial charge < -0.3 is 16.0 Å². The van der Waals surface area contributed by atoms with Gasteiger partial charge in [0, 0.05) is 29.9 Å². The van der Waals surface area contributed by atoms with Crippen molar-refractivity contribution in [1.82, 2.24) is 0 Å². The van der Waals surface area contributed by atoms with Gasteiger partial charge in [-0.3, -0.25) is 14.4 Å². The van der Waals surface area contributed by atoms with E-state index in [0.717, 1.165) is 61.4 Å². The number of carbonyl (C=O) groups is 3. The van der Waals surface area contributed by atoms with Crippen molar-refractivity contribution >= 4 is 34.8 Å². The molecule has 0 heterocycles. The first kappa shape index (κ1) is 29.6. The highest BCUT2D eigenvalue weighted by atomic mass is 16.2.